The van der Waals surface area contributed by atoms with Crippen LogP contribution in [-0.2, 0) is 11.3 Å². The Morgan fingerprint density at radius 1 is 1.22 bits per heavy atom. The van der Waals surface area contributed by atoms with Gasteiger partial charge in [-0.25, -0.2) is 0 Å². The summed E-state index contributed by atoms with van der Waals surface area (Å²) in [6, 6.07) is 6.01. The second kappa shape index (κ2) is 7.02. The van der Waals surface area contributed by atoms with Gasteiger partial charge in [-0.05, 0) is 39.2 Å². The van der Waals surface area contributed by atoms with Crippen molar-refractivity contribution in [3.05, 3.63) is 23.8 Å². The summed E-state index contributed by atoms with van der Waals surface area (Å²) in [5.74, 6) is 0.863. The Morgan fingerprint density at radius 3 is 2.50 bits per heavy atom. The summed E-state index contributed by atoms with van der Waals surface area (Å²) in [7, 11) is 0. The average Bonchev–Trinajstić information content (AvgIpc) is 2.32. The molecular weight excluding hydrogens is 246 g/mol. The number of ether oxygens (including phenoxy) is 2. The zero-order valence-corrected chi connectivity index (χ0v) is 12.5. The van der Waals surface area contributed by atoms with Gasteiger partial charge in [0.05, 0.1) is 12.2 Å². The summed E-state index contributed by atoms with van der Waals surface area (Å²) in [6.07, 6.45) is 2.04. The van der Waals surface area contributed by atoms with E-state index in [1.165, 1.54) is 4.90 Å². The fourth-order valence-electron chi connectivity index (χ4n) is 1.57. The number of rotatable bonds is 6. The first-order valence-corrected chi connectivity index (χ1v) is 7.33. The molecular formula is C14H23NO2S. The van der Waals surface area contributed by atoms with Crippen LogP contribution in [0.25, 0.3) is 0 Å². The quantitative estimate of drug-likeness (QED) is 0.637. The molecule has 0 aliphatic rings. The molecule has 1 rings (SSSR count). The smallest absolute Gasteiger partial charge is 0.125 e. The van der Waals surface area contributed by atoms with Gasteiger partial charge in [-0.15, -0.1) is 11.8 Å². The van der Waals surface area contributed by atoms with Crippen LogP contribution >= 0.6 is 11.8 Å². The van der Waals surface area contributed by atoms with Crippen LogP contribution in [-0.4, -0.2) is 25.1 Å². The molecule has 0 aromatic heterocycles. The van der Waals surface area contributed by atoms with Gasteiger partial charge in [-0.3, -0.25) is 0 Å². The van der Waals surface area contributed by atoms with Gasteiger partial charge in [0.1, 0.15) is 12.4 Å². The van der Waals surface area contributed by atoms with Crippen LogP contribution < -0.4 is 10.5 Å². The van der Waals surface area contributed by atoms with E-state index in [9.17, 15) is 0 Å². The van der Waals surface area contributed by atoms with Crippen LogP contribution in [0.3, 0.4) is 0 Å². The van der Waals surface area contributed by atoms with Gasteiger partial charge in [0, 0.05) is 17.0 Å². The number of hydrogen-bond acceptors (Lipinski definition) is 4. The third-order valence-electron chi connectivity index (χ3n) is 2.39. The van der Waals surface area contributed by atoms with Crippen molar-refractivity contribution in [2.24, 2.45) is 5.73 Å². The molecule has 0 aliphatic carbocycles. The Morgan fingerprint density at radius 2 is 1.94 bits per heavy atom. The largest absolute Gasteiger partial charge is 0.491 e. The number of thioether (sulfide) groups is 1. The zero-order chi connectivity index (χ0) is 13.6. The fourth-order valence-corrected chi connectivity index (χ4v) is 2.22. The van der Waals surface area contributed by atoms with Gasteiger partial charge in [0.25, 0.3) is 0 Å². The van der Waals surface area contributed by atoms with E-state index < -0.39 is 0 Å². The number of hydrogen-bond donors (Lipinski definition) is 1. The van der Waals surface area contributed by atoms with E-state index in [1.807, 2.05) is 39.2 Å². The minimum atomic E-state index is -0.124. The van der Waals surface area contributed by atoms with E-state index in [0.717, 1.165) is 11.3 Å². The second-order valence-corrected chi connectivity index (χ2v) is 5.80. The van der Waals surface area contributed by atoms with E-state index in [0.29, 0.717) is 19.8 Å². The van der Waals surface area contributed by atoms with Crippen molar-refractivity contribution >= 4 is 11.8 Å². The molecule has 1 aromatic carbocycles. The molecule has 1 aromatic rings. The first-order chi connectivity index (χ1) is 8.48. The van der Waals surface area contributed by atoms with Crippen molar-refractivity contribution in [2.75, 3.05) is 19.5 Å². The molecule has 0 heterocycles. The summed E-state index contributed by atoms with van der Waals surface area (Å²) >= 11 is 1.69. The molecule has 0 amide bonds. The second-order valence-electron chi connectivity index (χ2n) is 4.95. The van der Waals surface area contributed by atoms with E-state index in [-0.39, 0.29) is 5.60 Å². The van der Waals surface area contributed by atoms with E-state index in [1.54, 1.807) is 11.8 Å². The van der Waals surface area contributed by atoms with Crippen molar-refractivity contribution in [1.82, 2.24) is 0 Å². The molecule has 0 unspecified atom stereocenters. The summed E-state index contributed by atoms with van der Waals surface area (Å²) in [4.78, 5) is 1.17. The third kappa shape index (κ3) is 4.88. The highest BCUT2D eigenvalue weighted by molar-refractivity contribution is 7.98. The molecule has 3 nitrogen and oxygen atoms in total. The highest BCUT2D eigenvalue weighted by atomic mass is 32.2. The molecule has 0 aliphatic heterocycles. The standard InChI is InChI=1S/C14H23NO2S/c1-14(2,3)17-9-8-16-12-6-5-7-13(18-4)11(12)10-15/h5-7H,8-10,15H2,1-4H3. The fraction of sp³-hybridized carbons (Fsp3) is 0.571. The van der Waals surface area contributed by atoms with Crippen LogP contribution in [0.1, 0.15) is 26.3 Å². The third-order valence-corrected chi connectivity index (χ3v) is 3.21. The highest BCUT2D eigenvalue weighted by Gasteiger charge is 2.10. The van der Waals surface area contributed by atoms with E-state index in [4.69, 9.17) is 15.2 Å². The van der Waals surface area contributed by atoms with Crippen LogP contribution in [0.15, 0.2) is 23.1 Å². The summed E-state index contributed by atoms with van der Waals surface area (Å²) < 4.78 is 11.4. The molecule has 0 fully saturated rings. The predicted molar refractivity (Wildman–Crippen MR) is 77.3 cm³/mol. The molecule has 2 N–H and O–H groups in total. The molecule has 4 heteroatoms. The van der Waals surface area contributed by atoms with Gasteiger partial charge in [0.15, 0.2) is 0 Å². The molecule has 0 saturated carbocycles. The number of nitrogens with two attached hydrogens (primary N) is 1. The van der Waals surface area contributed by atoms with Crippen LogP contribution in [0, 0.1) is 0 Å². The van der Waals surface area contributed by atoms with Crippen LogP contribution in [0.2, 0.25) is 0 Å². The average molecular weight is 269 g/mol. The highest BCUT2D eigenvalue weighted by Crippen LogP contribution is 2.28. The predicted octanol–water partition coefficient (Wildman–Crippen LogP) is 3.06. The maximum atomic E-state index is 5.78. The van der Waals surface area contributed by atoms with Crippen molar-refractivity contribution in [3.63, 3.8) is 0 Å². The van der Waals surface area contributed by atoms with E-state index >= 15 is 0 Å². The lowest BCUT2D eigenvalue weighted by Gasteiger charge is -2.20. The summed E-state index contributed by atoms with van der Waals surface area (Å²) in [6.45, 7) is 7.72. The van der Waals surface area contributed by atoms with Gasteiger partial charge < -0.3 is 15.2 Å². The molecule has 0 atom stereocenters. The lowest BCUT2D eigenvalue weighted by atomic mass is 10.2. The number of benzene rings is 1. The first-order valence-electron chi connectivity index (χ1n) is 6.10. The molecule has 102 valence electrons. The van der Waals surface area contributed by atoms with Crippen molar-refractivity contribution in [2.45, 2.75) is 37.8 Å². The van der Waals surface area contributed by atoms with Crippen molar-refractivity contribution in [3.8, 4) is 5.75 Å². The maximum absolute atomic E-state index is 5.78. The molecule has 0 bridgehead atoms. The Hall–Kier alpha value is -0.710. The first kappa shape index (κ1) is 15.3. The summed E-state index contributed by atoms with van der Waals surface area (Å²) in [5.41, 5.74) is 6.72. The topological polar surface area (TPSA) is 44.5 Å². The minimum Gasteiger partial charge on any atom is -0.491 e. The molecule has 0 saturated heterocycles. The molecule has 18 heavy (non-hydrogen) atoms. The molecule has 0 spiro atoms. The van der Waals surface area contributed by atoms with Crippen LogP contribution in [0.4, 0.5) is 0 Å². The minimum absolute atomic E-state index is 0.124. The maximum Gasteiger partial charge on any atom is 0.125 e. The Labute approximate surface area is 114 Å². The Kier molecular flexibility index (Phi) is 5.99. The molecule has 0 radical (unpaired) electrons. The van der Waals surface area contributed by atoms with Gasteiger partial charge >= 0.3 is 0 Å². The van der Waals surface area contributed by atoms with Crippen molar-refractivity contribution in [1.29, 1.82) is 0 Å². The van der Waals surface area contributed by atoms with Gasteiger partial charge in [0.2, 0.25) is 0 Å². The Balaban J connectivity index is 2.57. The van der Waals surface area contributed by atoms with Crippen molar-refractivity contribution < 1.29 is 9.47 Å². The lowest BCUT2D eigenvalue weighted by Crippen LogP contribution is -2.22. The van der Waals surface area contributed by atoms with E-state index in [2.05, 4.69) is 6.07 Å². The lowest BCUT2D eigenvalue weighted by molar-refractivity contribution is -0.0164. The van der Waals surface area contributed by atoms with Gasteiger partial charge in [-0.1, -0.05) is 6.07 Å². The summed E-state index contributed by atoms with van der Waals surface area (Å²) in [5, 5.41) is 0. The normalized spacial score (nSPS) is 11.6. The monoisotopic (exact) mass is 269 g/mol. The SMILES string of the molecule is CSc1cccc(OCCOC(C)(C)C)c1CN. The van der Waals surface area contributed by atoms with Gasteiger partial charge in [-0.2, -0.15) is 0 Å². The Bertz CT molecular complexity index is 375. The zero-order valence-electron chi connectivity index (χ0n) is 11.7. The van der Waals surface area contributed by atoms with Crippen LogP contribution in [0.5, 0.6) is 5.75 Å².